The molecule has 0 aromatic carbocycles. The minimum Gasteiger partial charge on any atom is -0.256 e. The van der Waals surface area contributed by atoms with E-state index in [1.165, 1.54) is 0 Å². The summed E-state index contributed by atoms with van der Waals surface area (Å²) >= 11 is 0. The third kappa shape index (κ3) is 2.77. The summed E-state index contributed by atoms with van der Waals surface area (Å²) in [5, 5.41) is 0. The maximum Gasteiger partial charge on any atom is 0.101 e. The van der Waals surface area contributed by atoms with E-state index in [-0.39, 0.29) is 6.10 Å². The van der Waals surface area contributed by atoms with Gasteiger partial charge in [0.05, 0.1) is 0 Å². The molecule has 8 heavy (non-hydrogen) atoms. The molecule has 0 amide bonds. The average Bonchev–Trinajstić information content (AvgIpc) is 1.83. The van der Waals surface area contributed by atoms with Crippen LogP contribution in [0.25, 0.3) is 0 Å². The van der Waals surface area contributed by atoms with E-state index in [1.54, 1.807) is 6.08 Å². The van der Waals surface area contributed by atoms with E-state index in [4.69, 9.17) is 5.90 Å². The molecule has 2 heteroatoms. The number of nitrogens with zero attached hydrogens (tertiary/aromatic N) is 1. The van der Waals surface area contributed by atoms with Crippen molar-refractivity contribution in [3.8, 4) is 0 Å². The lowest BCUT2D eigenvalue weighted by Crippen LogP contribution is -2.05. The van der Waals surface area contributed by atoms with Gasteiger partial charge in [0.1, 0.15) is 6.10 Å². The lowest BCUT2D eigenvalue weighted by Gasteiger charge is -2.00. The molecule has 0 fully saturated rings. The molecule has 0 bridgehead atoms. The number of hydrogen-bond donors (Lipinski definition) is 0. The lowest BCUT2D eigenvalue weighted by atomic mass is 10.2. The van der Waals surface area contributed by atoms with Gasteiger partial charge in [0.15, 0.2) is 0 Å². The van der Waals surface area contributed by atoms with Crippen LogP contribution in [0.15, 0.2) is 12.2 Å². The molecule has 0 saturated heterocycles. The van der Waals surface area contributed by atoms with Crippen molar-refractivity contribution in [2.45, 2.75) is 26.4 Å². The van der Waals surface area contributed by atoms with E-state index >= 15 is 0 Å². The molecule has 2 radical (unpaired) electrons. The van der Waals surface area contributed by atoms with E-state index in [0.29, 0.717) is 0 Å². The highest BCUT2D eigenvalue weighted by Crippen LogP contribution is 1.95. The summed E-state index contributed by atoms with van der Waals surface area (Å²) in [6, 6.07) is 0. The molecule has 1 atom stereocenters. The van der Waals surface area contributed by atoms with E-state index in [0.717, 1.165) is 6.42 Å². The summed E-state index contributed by atoms with van der Waals surface area (Å²) in [4.78, 5) is 4.05. The Kier molecular flexibility index (Phi) is 4.61. The van der Waals surface area contributed by atoms with Crippen molar-refractivity contribution in [2.75, 3.05) is 0 Å². The molecule has 46 valence electrons. The normalized spacial score (nSPS) is 14.9. The van der Waals surface area contributed by atoms with Gasteiger partial charge in [-0.05, 0) is 13.3 Å². The van der Waals surface area contributed by atoms with Gasteiger partial charge in [-0.2, -0.15) is 0 Å². The second-order valence-electron chi connectivity index (χ2n) is 1.58. The third-order valence-electron chi connectivity index (χ3n) is 0.945. The van der Waals surface area contributed by atoms with Crippen LogP contribution >= 0.6 is 0 Å². The molecule has 0 spiro atoms. The van der Waals surface area contributed by atoms with Gasteiger partial charge >= 0.3 is 0 Å². The lowest BCUT2D eigenvalue weighted by molar-refractivity contribution is 0.0665. The van der Waals surface area contributed by atoms with Crippen molar-refractivity contribution >= 4 is 0 Å². The topological polar surface area (TPSA) is 31.5 Å². The molecule has 0 N–H and O–H groups in total. The zero-order valence-electron chi connectivity index (χ0n) is 5.29. The van der Waals surface area contributed by atoms with Crippen LogP contribution in [-0.2, 0) is 4.84 Å². The summed E-state index contributed by atoms with van der Waals surface area (Å²) in [6.07, 6.45) is 4.34. The van der Waals surface area contributed by atoms with Crippen LogP contribution in [0.3, 0.4) is 0 Å². The van der Waals surface area contributed by atoms with E-state index in [9.17, 15) is 0 Å². The van der Waals surface area contributed by atoms with Gasteiger partial charge in [0.25, 0.3) is 0 Å². The fourth-order valence-electron chi connectivity index (χ4n) is 0.460. The average molecular weight is 113 g/mol. The first-order valence-electron chi connectivity index (χ1n) is 2.78. The molecule has 0 rings (SSSR count). The Labute approximate surface area is 50.3 Å². The summed E-state index contributed by atoms with van der Waals surface area (Å²) in [5.74, 6) is 8.11. The molecule has 1 unspecified atom stereocenters. The smallest absolute Gasteiger partial charge is 0.101 e. The maximum atomic E-state index is 8.11. The van der Waals surface area contributed by atoms with Crippen LogP contribution in [0.5, 0.6) is 0 Å². The fraction of sp³-hybridized carbons (Fsp3) is 0.667. The first kappa shape index (κ1) is 7.66. The molecular formula is C6H11NO. The van der Waals surface area contributed by atoms with Crippen LogP contribution in [0, 0.1) is 0 Å². The van der Waals surface area contributed by atoms with Gasteiger partial charge in [-0.3, -0.25) is 4.84 Å². The minimum atomic E-state index is -0.125. The quantitative estimate of drug-likeness (QED) is 0.401. The van der Waals surface area contributed by atoms with Crippen LogP contribution in [-0.4, -0.2) is 6.10 Å². The SMILES string of the molecule is CC=CC(CC)O[N]. The molecule has 0 heterocycles. The maximum absolute atomic E-state index is 8.11. The van der Waals surface area contributed by atoms with Gasteiger partial charge in [-0.25, -0.2) is 0 Å². The van der Waals surface area contributed by atoms with Crippen molar-refractivity contribution in [1.82, 2.24) is 5.90 Å². The number of hydrogen-bond acceptors (Lipinski definition) is 1. The Morgan fingerprint density at radius 1 is 1.75 bits per heavy atom. The Morgan fingerprint density at radius 3 is 2.50 bits per heavy atom. The summed E-state index contributed by atoms with van der Waals surface area (Å²) in [6.45, 7) is 3.84. The Bertz CT molecular complexity index is 66.9. The van der Waals surface area contributed by atoms with Crippen LogP contribution in [0.1, 0.15) is 20.3 Å². The molecule has 0 aliphatic heterocycles. The van der Waals surface area contributed by atoms with E-state index in [1.807, 2.05) is 19.9 Å². The Balaban J connectivity index is 3.36. The van der Waals surface area contributed by atoms with Gasteiger partial charge in [-0.1, -0.05) is 19.1 Å². The van der Waals surface area contributed by atoms with E-state index < -0.39 is 0 Å². The third-order valence-corrected chi connectivity index (χ3v) is 0.945. The van der Waals surface area contributed by atoms with Gasteiger partial charge in [-0.15, -0.1) is 0 Å². The second-order valence-corrected chi connectivity index (χ2v) is 1.58. The first-order valence-corrected chi connectivity index (χ1v) is 2.78. The van der Waals surface area contributed by atoms with Gasteiger partial charge in [0.2, 0.25) is 0 Å². The zero-order valence-corrected chi connectivity index (χ0v) is 5.29. The monoisotopic (exact) mass is 113 g/mol. The van der Waals surface area contributed by atoms with Crippen LogP contribution in [0.4, 0.5) is 0 Å². The molecular weight excluding hydrogens is 102 g/mol. The predicted octanol–water partition coefficient (Wildman–Crippen LogP) is 1.34. The molecule has 0 aliphatic carbocycles. The van der Waals surface area contributed by atoms with Crippen LogP contribution < -0.4 is 5.90 Å². The zero-order chi connectivity index (χ0) is 6.41. The first-order chi connectivity index (χ1) is 3.85. The van der Waals surface area contributed by atoms with Crippen molar-refractivity contribution in [3.05, 3.63) is 12.2 Å². The van der Waals surface area contributed by atoms with Crippen LogP contribution in [0.2, 0.25) is 0 Å². The fourth-order valence-corrected chi connectivity index (χ4v) is 0.460. The minimum absolute atomic E-state index is 0.125. The molecule has 0 aliphatic rings. The van der Waals surface area contributed by atoms with Gasteiger partial charge < -0.3 is 0 Å². The molecule has 2 nitrogen and oxygen atoms in total. The number of rotatable bonds is 3. The van der Waals surface area contributed by atoms with Gasteiger partial charge in [0, 0.05) is 5.90 Å². The standard InChI is InChI=1S/C6H11NO/c1-3-5-6(4-2)8-7/h3,5-6H,4H2,1-2H3. The predicted molar refractivity (Wildman–Crippen MR) is 32.1 cm³/mol. The molecule has 0 aromatic rings. The molecule has 0 saturated carbocycles. The van der Waals surface area contributed by atoms with Crippen molar-refractivity contribution in [3.63, 3.8) is 0 Å². The van der Waals surface area contributed by atoms with Crippen molar-refractivity contribution < 1.29 is 4.84 Å². The Morgan fingerprint density at radius 2 is 2.38 bits per heavy atom. The highest BCUT2D eigenvalue weighted by Gasteiger charge is 1.96. The highest BCUT2D eigenvalue weighted by molar-refractivity contribution is 4.84. The molecule has 0 aromatic heterocycles. The number of allylic oxidation sites excluding steroid dienone is 1. The Hall–Kier alpha value is -0.340. The summed E-state index contributed by atoms with van der Waals surface area (Å²) in [5.41, 5.74) is 0. The van der Waals surface area contributed by atoms with Crippen molar-refractivity contribution in [2.24, 2.45) is 0 Å². The summed E-state index contributed by atoms with van der Waals surface area (Å²) < 4.78 is 0. The summed E-state index contributed by atoms with van der Waals surface area (Å²) in [7, 11) is 0. The van der Waals surface area contributed by atoms with E-state index in [2.05, 4.69) is 4.84 Å². The largest absolute Gasteiger partial charge is 0.256 e. The van der Waals surface area contributed by atoms with Crippen molar-refractivity contribution in [1.29, 1.82) is 0 Å². The highest BCUT2D eigenvalue weighted by atomic mass is 16.6. The second kappa shape index (κ2) is 4.81.